The molecule has 1 aliphatic carbocycles. The largest absolute Gasteiger partial charge is 0.472 e. The second kappa shape index (κ2) is 42.0. The Morgan fingerprint density at radius 2 is 0.875 bits per heavy atom. The van der Waals surface area contributed by atoms with E-state index in [1.807, 2.05) is 0 Å². The summed E-state index contributed by atoms with van der Waals surface area (Å²) in [4.78, 5) is 23.2. The van der Waals surface area contributed by atoms with Gasteiger partial charge in [0, 0.05) is 13.0 Å². The molecule has 64 heavy (non-hydrogen) atoms. The maximum Gasteiger partial charge on any atom is 0.472 e. The van der Waals surface area contributed by atoms with E-state index in [1.165, 1.54) is 148 Å². The zero-order valence-corrected chi connectivity index (χ0v) is 41.5. The summed E-state index contributed by atoms with van der Waals surface area (Å²) >= 11 is 0. The van der Waals surface area contributed by atoms with Crippen LogP contribution in [0.1, 0.15) is 232 Å². The van der Waals surface area contributed by atoms with Gasteiger partial charge in [-0.15, -0.1) is 0 Å². The molecule has 0 spiro atoms. The molecule has 1 fully saturated rings. The number of hydrogen-bond acceptors (Lipinski definition) is 11. The van der Waals surface area contributed by atoms with Crippen molar-refractivity contribution in [2.45, 2.75) is 275 Å². The molecule has 0 aliphatic heterocycles. The lowest BCUT2D eigenvalue weighted by atomic mass is 9.85. The van der Waals surface area contributed by atoms with Crippen LogP contribution in [0.5, 0.6) is 0 Å². The Bertz CT molecular complexity index is 1150. The Hall–Kier alpha value is -1.18. The van der Waals surface area contributed by atoms with E-state index >= 15 is 0 Å². The smallest absolute Gasteiger partial charge is 0.457 e. The predicted octanol–water partition coefficient (Wildman–Crippen LogP) is 11.7. The fourth-order valence-electron chi connectivity index (χ4n) is 8.15. The van der Waals surface area contributed by atoms with E-state index in [4.69, 9.17) is 18.5 Å². The average molecular weight is 933 g/mol. The molecule has 0 heterocycles. The Balaban J connectivity index is 2.33. The highest BCUT2D eigenvalue weighted by atomic mass is 31.2. The molecule has 0 aromatic carbocycles. The van der Waals surface area contributed by atoms with Gasteiger partial charge in [0.1, 0.15) is 42.7 Å². The van der Waals surface area contributed by atoms with Gasteiger partial charge < -0.3 is 39.9 Å². The van der Waals surface area contributed by atoms with Crippen molar-refractivity contribution >= 4 is 13.8 Å². The van der Waals surface area contributed by atoms with Gasteiger partial charge in [-0.25, -0.2) is 4.57 Å². The Morgan fingerprint density at radius 1 is 0.500 bits per heavy atom. The van der Waals surface area contributed by atoms with Crippen molar-refractivity contribution < 1.29 is 58.3 Å². The normalized spacial score (nSPS) is 21.8. The molecule has 0 radical (unpaired) electrons. The minimum atomic E-state index is -5.02. The number of rotatable bonds is 45. The van der Waals surface area contributed by atoms with Gasteiger partial charge in [0.2, 0.25) is 0 Å². The number of phosphoric acid groups is 1. The highest BCUT2D eigenvalue weighted by Gasteiger charge is 2.51. The van der Waals surface area contributed by atoms with Crippen molar-refractivity contribution in [2.24, 2.45) is 0 Å². The molecular formula is C51H97O12P. The number of esters is 1. The average Bonchev–Trinajstić information content (AvgIpc) is 3.28. The van der Waals surface area contributed by atoms with Gasteiger partial charge in [-0.3, -0.25) is 13.8 Å². The maximum atomic E-state index is 12.9. The zero-order valence-electron chi connectivity index (χ0n) is 40.6. The highest BCUT2D eigenvalue weighted by molar-refractivity contribution is 7.47. The molecular weight excluding hydrogens is 836 g/mol. The first-order valence-electron chi connectivity index (χ1n) is 26.2. The number of ether oxygens (including phenoxy) is 2. The lowest BCUT2D eigenvalue weighted by Crippen LogP contribution is -2.64. The molecule has 378 valence electrons. The number of aliphatic hydroxyl groups excluding tert-OH is 5. The Labute approximate surface area is 390 Å². The number of unbranched alkanes of at least 4 members (excludes halogenated alkanes) is 29. The van der Waals surface area contributed by atoms with Crippen LogP contribution < -0.4 is 0 Å². The van der Waals surface area contributed by atoms with Gasteiger partial charge >= 0.3 is 13.8 Å². The summed E-state index contributed by atoms with van der Waals surface area (Å²) in [7, 11) is -5.02. The van der Waals surface area contributed by atoms with E-state index in [0.29, 0.717) is 13.0 Å². The standard InChI is InChI=1S/C51H97O12P/c1-3-5-7-9-11-13-15-17-19-21-22-23-24-26-28-30-32-34-36-38-40-45(52)62-44(43-61-64(58,59)63-51-49(56)47(54)46(53)48(55)50(51)57)42-60-41-39-37-35-33-31-29-27-25-20-18-16-14-12-10-8-6-4-2/h14,16,20,25,44,46-51,53-57H,3-13,15,17-19,21-24,26-43H2,1-2H3,(H,58,59)/b16-14-,25-20-. The number of aliphatic hydroxyl groups is 5. The molecule has 1 rings (SSSR count). The molecule has 6 atom stereocenters. The van der Waals surface area contributed by atoms with E-state index in [-0.39, 0.29) is 13.0 Å². The molecule has 6 unspecified atom stereocenters. The lowest BCUT2D eigenvalue weighted by molar-refractivity contribution is -0.220. The van der Waals surface area contributed by atoms with Gasteiger partial charge in [0.05, 0.1) is 13.2 Å². The first-order chi connectivity index (χ1) is 31.0. The van der Waals surface area contributed by atoms with Gasteiger partial charge in [-0.05, 0) is 44.9 Å². The summed E-state index contributed by atoms with van der Waals surface area (Å²) < 4.78 is 34.3. The van der Waals surface area contributed by atoms with Gasteiger partial charge in [0.15, 0.2) is 0 Å². The minimum absolute atomic E-state index is 0.0797. The second-order valence-corrected chi connectivity index (χ2v) is 19.8. The number of allylic oxidation sites excluding steroid dienone is 4. The second-order valence-electron chi connectivity index (χ2n) is 18.4. The summed E-state index contributed by atoms with van der Waals surface area (Å²) in [6, 6.07) is 0. The Kier molecular flexibility index (Phi) is 39.9. The third-order valence-electron chi connectivity index (χ3n) is 12.3. The van der Waals surface area contributed by atoms with E-state index in [2.05, 4.69) is 38.2 Å². The fourth-order valence-corrected chi connectivity index (χ4v) is 9.12. The molecule has 0 bridgehead atoms. The molecule has 12 nitrogen and oxygen atoms in total. The first kappa shape index (κ1) is 60.8. The third-order valence-corrected chi connectivity index (χ3v) is 13.3. The summed E-state index contributed by atoms with van der Waals surface area (Å²) in [6.45, 7) is 4.26. The Morgan fingerprint density at radius 3 is 1.33 bits per heavy atom. The monoisotopic (exact) mass is 933 g/mol. The summed E-state index contributed by atoms with van der Waals surface area (Å²) in [5.41, 5.74) is 0. The lowest BCUT2D eigenvalue weighted by Gasteiger charge is -2.41. The molecule has 0 saturated heterocycles. The van der Waals surface area contributed by atoms with Crippen LogP contribution in [-0.4, -0.2) is 98.9 Å². The quantitative estimate of drug-likeness (QED) is 0.0147. The van der Waals surface area contributed by atoms with Crippen LogP contribution in [0.4, 0.5) is 0 Å². The van der Waals surface area contributed by atoms with E-state index in [0.717, 1.165) is 57.8 Å². The summed E-state index contributed by atoms with van der Waals surface area (Å²) in [5.74, 6) is -0.476. The van der Waals surface area contributed by atoms with Crippen molar-refractivity contribution in [3.8, 4) is 0 Å². The molecule has 1 saturated carbocycles. The van der Waals surface area contributed by atoms with Crippen LogP contribution in [0.2, 0.25) is 0 Å². The van der Waals surface area contributed by atoms with Crippen molar-refractivity contribution in [1.29, 1.82) is 0 Å². The van der Waals surface area contributed by atoms with Crippen LogP contribution in [-0.2, 0) is 27.9 Å². The van der Waals surface area contributed by atoms with Crippen molar-refractivity contribution in [3.05, 3.63) is 24.3 Å². The van der Waals surface area contributed by atoms with Crippen LogP contribution in [0.25, 0.3) is 0 Å². The van der Waals surface area contributed by atoms with E-state index in [9.17, 15) is 39.8 Å². The summed E-state index contributed by atoms with van der Waals surface area (Å²) in [5, 5.41) is 50.3. The molecule has 0 aromatic heterocycles. The third kappa shape index (κ3) is 33.3. The molecule has 6 N–H and O–H groups in total. The van der Waals surface area contributed by atoms with E-state index < -0.39 is 63.1 Å². The van der Waals surface area contributed by atoms with Gasteiger partial charge in [-0.2, -0.15) is 0 Å². The molecule has 13 heteroatoms. The SMILES string of the molecule is CCCCCC/C=C\C/C=C\CCCCCCCCOCC(COP(=O)(O)OC1C(O)C(O)C(O)C(O)C1O)OC(=O)CCCCCCCCCCCCCCCCCCCCCC. The first-order valence-corrected chi connectivity index (χ1v) is 27.7. The minimum Gasteiger partial charge on any atom is -0.457 e. The number of carbonyl (C=O) groups excluding carboxylic acids is 1. The topological polar surface area (TPSA) is 192 Å². The van der Waals surface area contributed by atoms with Crippen molar-refractivity contribution in [2.75, 3.05) is 19.8 Å². The van der Waals surface area contributed by atoms with Gasteiger partial charge in [-0.1, -0.05) is 205 Å². The van der Waals surface area contributed by atoms with Gasteiger partial charge in [0.25, 0.3) is 0 Å². The fraction of sp³-hybridized carbons (Fsp3) is 0.902. The van der Waals surface area contributed by atoms with Crippen molar-refractivity contribution in [1.82, 2.24) is 0 Å². The maximum absolute atomic E-state index is 12.9. The van der Waals surface area contributed by atoms with Crippen molar-refractivity contribution in [3.63, 3.8) is 0 Å². The van der Waals surface area contributed by atoms with Crippen LogP contribution in [0.3, 0.4) is 0 Å². The molecule has 0 amide bonds. The number of hydrogen-bond donors (Lipinski definition) is 6. The molecule has 0 aromatic rings. The zero-order chi connectivity index (χ0) is 46.9. The van der Waals surface area contributed by atoms with Crippen LogP contribution >= 0.6 is 7.82 Å². The predicted molar refractivity (Wildman–Crippen MR) is 258 cm³/mol. The molecule has 1 aliphatic rings. The van der Waals surface area contributed by atoms with Crippen LogP contribution in [0, 0.1) is 0 Å². The van der Waals surface area contributed by atoms with E-state index in [1.54, 1.807) is 0 Å². The number of phosphoric ester groups is 1. The summed E-state index contributed by atoms with van der Waals surface area (Å²) in [6.07, 6.45) is 36.7. The highest BCUT2D eigenvalue weighted by Crippen LogP contribution is 2.47. The number of carbonyl (C=O) groups is 1. The van der Waals surface area contributed by atoms with Crippen LogP contribution in [0.15, 0.2) is 24.3 Å².